The van der Waals surface area contributed by atoms with Crippen LogP contribution in [-0.2, 0) is 11.0 Å². The lowest BCUT2D eigenvalue weighted by atomic mass is 10.0. The van der Waals surface area contributed by atoms with E-state index in [1.54, 1.807) is 0 Å². The van der Waals surface area contributed by atoms with Gasteiger partial charge in [0.05, 0.1) is 17.7 Å². The highest BCUT2D eigenvalue weighted by atomic mass is 19.4. The number of hydrogen-bond donors (Lipinski definition) is 2. The molecule has 0 unspecified atom stereocenters. The second-order valence-corrected chi connectivity index (χ2v) is 3.77. The molecular formula is C13H10F3NO3. The van der Waals surface area contributed by atoms with Gasteiger partial charge >= 0.3 is 12.1 Å². The molecule has 1 amide bonds. The highest BCUT2D eigenvalue weighted by molar-refractivity contribution is 5.89. The molecule has 0 saturated carbocycles. The molecule has 0 aliphatic rings. The molecule has 106 valence electrons. The fraction of sp³-hybridized carbons (Fsp3) is 0.231. The highest BCUT2D eigenvalue weighted by Gasteiger charge is 2.35. The number of carboxylic acids is 1. The molecular weight excluding hydrogens is 275 g/mol. The van der Waals surface area contributed by atoms with Crippen LogP contribution in [0.2, 0.25) is 0 Å². The minimum Gasteiger partial charge on any atom is -0.478 e. The molecule has 0 heterocycles. The third kappa shape index (κ3) is 4.31. The van der Waals surface area contributed by atoms with Crippen LogP contribution in [0.25, 0.3) is 0 Å². The van der Waals surface area contributed by atoms with E-state index < -0.39 is 23.3 Å². The lowest BCUT2D eigenvalue weighted by Crippen LogP contribution is -2.19. The van der Waals surface area contributed by atoms with Crippen molar-refractivity contribution in [1.82, 2.24) is 5.32 Å². The van der Waals surface area contributed by atoms with E-state index in [0.29, 0.717) is 6.07 Å². The SMILES string of the molecule is CC(=O)NCC#Cc1ccc(C(=O)O)c(C(F)(F)F)c1. The Kier molecular flexibility index (Phi) is 4.75. The smallest absolute Gasteiger partial charge is 0.417 e. The van der Waals surface area contributed by atoms with Crippen LogP contribution in [0.5, 0.6) is 0 Å². The first-order valence-electron chi connectivity index (χ1n) is 5.39. The molecule has 0 atom stereocenters. The van der Waals surface area contributed by atoms with Crippen LogP contribution < -0.4 is 5.32 Å². The van der Waals surface area contributed by atoms with Gasteiger partial charge in [0.15, 0.2) is 0 Å². The van der Waals surface area contributed by atoms with E-state index in [1.165, 1.54) is 13.0 Å². The van der Waals surface area contributed by atoms with E-state index in [9.17, 15) is 22.8 Å². The quantitative estimate of drug-likeness (QED) is 0.815. The van der Waals surface area contributed by atoms with Crippen LogP contribution in [0.3, 0.4) is 0 Å². The fourth-order valence-corrected chi connectivity index (χ4v) is 1.36. The van der Waals surface area contributed by atoms with Gasteiger partial charge in [0.1, 0.15) is 0 Å². The van der Waals surface area contributed by atoms with Crippen molar-refractivity contribution in [2.75, 3.05) is 6.54 Å². The first kappa shape index (κ1) is 15.6. The summed E-state index contributed by atoms with van der Waals surface area (Å²) in [6.07, 6.45) is -4.77. The van der Waals surface area contributed by atoms with E-state index in [0.717, 1.165) is 6.07 Å². The number of halogens is 3. The second-order valence-electron chi connectivity index (χ2n) is 3.77. The van der Waals surface area contributed by atoms with Crippen molar-refractivity contribution >= 4 is 11.9 Å². The Morgan fingerprint density at radius 3 is 2.50 bits per heavy atom. The van der Waals surface area contributed by atoms with Gasteiger partial charge in [-0.2, -0.15) is 13.2 Å². The zero-order valence-corrected chi connectivity index (χ0v) is 10.3. The van der Waals surface area contributed by atoms with Gasteiger partial charge in [-0.05, 0) is 18.2 Å². The number of aromatic carboxylic acids is 1. The average Bonchev–Trinajstić information content (AvgIpc) is 2.33. The summed E-state index contributed by atoms with van der Waals surface area (Å²) >= 11 is 0. The van der Waals surface area contributed by atoms with Gasteiger partial charge in [0, 0.05) is 12.5 Å². The minimum absolute atomic E-state index is 0.00261. The van der Waals surface area contributed by atoms with Crippen molar-refractivity contribution in [1.29, 1.82) is 0 Å². The molecule has 0 fully saturated rings. The molecule has 1 aromatic rings. The van der Waals surface area contributed by atoms with E-state index in [4.69, 9.17) is 5.11 Å². The number of nitrogens with one attached hydrogen (secondary N) is 1. The van der Waals surface area contributed by atoms with Gasteiger partial charge in [-0.1, -0.05) is 11.8 Å². The van der Waals surface area contributed by atoms with E-state index in [-0.39, 0.29) is 18.0 Å². The van der Waals surface area contributed by atoms with Crippen LogP contribution >= 0.6 is 0 Å². The van der Waals surface area contributed by atoms with Crippen LogP contribution in [0, 0.1) is 11.8 Å². The van der Waals surface area contributed by atoms with Gasteiger partial charge in [0.25, 0.3) is 0 Å². The number of benzene rings is 1. The Morgan fingerprint density at radius 1 is 1.35 bits per heavy atom. The molecule has 4 nitrogen and oxygen atoms in total. The Labute approximate surface area is 112 Å². The van der Waals surface area contributed by atoms with Crippen molar-refractivity contribution in [3.63, 3.8) is 0 Å². The lowest BCUT2D eigenvalue weighted by molar-refractivity contribution is -0.138. The van der Waals surface area contributed by atoms with Gasteiger partial charge < -0.3 is 10.4 Å². The zero-order valence-electron chi connectivity index (χ0n) is 10.3. The summed E-state index contributed by atoms with van der Waals surface area (Å²) in [5, 5.41) is 11.1. The van der Waals surface area contributed by atoms with Crippen LogP contribution in [0.1, 0.15) is 28.4 Å². The van der Waals surface area contributed by atoms with Gasteiger partial charge in [-0.3, -0.25) is 4.79 Å². The predicted molar refractivity (Wildman–Crippen MR) is 64.0 cm³/mol. The maximum absolute atomic E-state index is 12.7. The van der Waals surface area contributed by atoms with Crippen LogP contribution in [0.15, 0.2) is 18.2 Å². The topological polar surface area (TPSA) is 66.4 Å². The Balaban J connectivity index is 3.07. The number of carbonyl (C=O) groups excluding carboxylic acids is 1. The molecule has 0 saturated heterocycles. The third-order valence-electron chi connectivity index (χ3n) is 2.21. The highest BCUT2D eigenvalue weighted by Crippen LogP contribution is 2.32. The first-order valence-corrected chi connectivity index (χ1v) is 5.39. The third-order valence-corrected chi connectivity index (χ3v) is 2.21. The molecule has 20 heavy (non-hydrogen) atoms. The molecule has 2 N–H and O–H groups in total. The van der Waals surface area contributed by atoms with E-state index >= 15 is 0 Å². The van der Waals surface area contributed by atoms with E-state index in [2.05, 4.69) is 17.2 Å². The predicted octanol–water partition coefficient (Wildman–Crippen LogP) is 1.89. The van der Waals surface area contributed by atoms with Crippen molar-refractivity contribution in [3.05, 3.63) is 34.9 Å². The number of carboxylic acid groups (broad SMARTS) is 1. The van der Waals surface area contributed by atoms with Gasteiger partial charge in [-0.15, -0.1) is 0 Å². The standard InChI is InChI=1S/C13H10F3NO3/c1-8(18)17-6-2-3-9-4-5-10(12(19)20)11(7-9)13(14,15)16/h4-5,7H,6H2,1H3,(H,17,18)(H,19,20). The Hall–Kier alpha value is -2.49. The van der Waals surface area contributed by atoms with Crippen LogP contribution in [-0.4, -0.2) is 23.5 Å². The fourth-order valence-electron chi connectivity index (χ4n) is 1.36. The normalized spacial score (nSPS) is 10.4. The van der Waals surface area contributed by atoms with Crippen LogP contribution in [0.4, 0.5) is 13.2 Å². The largest absolute Gasteiger partial charge is 0.478 e. The lowest BCUT2D eigenvalue weighted by Gasteiger charge is -2.10. The number of hydrogen-bond acceptors (Lipinski definition) is 2. The summed E-state index contributed by atoms with van der Waals surface area (Å²) in [6, 6.07) is 2.71. The molecule has 1 rings (SSSR count). The molecule has 0 aromatic heterocycles. The van der Waals surface area contributed by atoms with Crippen molar-refractivity contribution < 1.29 is 27.9 Å². The monoisotopic (exact) mass is 285 g/mol. The molecule has 0 radical (unpaired) electrons. The minimum atomic E-state index is -4.77. The molecule has 0 aliphatic heterocycles. The second kappa shape index (κ2) is 6.10. The summed E-state index contributed by atoms with van der Waals surface area (Å²) in [5.74, 6) is 2.92. The zero-order chi connectivity index (χ0) is 15.3. The average molecular weight is 285 g/mol. The van der Waals surface area contributed by atoms with Crippen molar-refractivity contribution in [2.24, 2.45) is 0 Å². The number of amides is 1. The summed E-state index contributed by atoms with van der Waals surface area (Å²) < 4.78 is 38.1. The summed E-state index contributed by atoms with van der Waals surface area (Å²) in [6.45, 7) is 1.28. The molecule has 0 spiro atoms. The first-order chi connectivity index (χ1) is 9.21. The molecule has 7 heteroatoms. The van der Waals surface area contributed by atoms with Crippen molar-refractivity contribution in [3.8, 4) is 11.8 Å². The summed E-state index contributed by atoms with van der Waals surface area (Å²) in [7, 11) is 0. The van der Waals surface area contributed by atoms with Gasteiger partial charge in [-0.25, -0.2) is 4.79 Å². The number of carbonyl (C=O) groups is 2. The van der Waals surface area contributed by atoms with E-state index in [1.807, 2.05) is 0 Å². The molecule has 0 bridgehead atoms. The summed E-state index contributed by atoms with van der Waals surface area (Å²) in [4.78, 5) is 21.3. The maximum atomic E-state index is 12.7. The number of alkyl halides is 3. The van der Waals surface area contributed by atoms with Gasteiger partial charge in [0.2, 0.25) is 5.91 Å². The summed E-state index contributed by atoms with van der Waals surface area (Å²) in [5.41, 5.74) is -2.06. The Morgan fingerprint density at radius 2 is 2.00 bits per heavy atom. The van der Waals surface area contributed by atoms with Crippen molar-refractivity contribution in [2.45, 2.75) is 13.1 Å². The Bertz CT molecular complexity index is 597. The maximum Gasteiger partial charge on any atom is 0.417 e. The molecule has 0 aliphatic carbocycles. The molecule has 1 aromatic carbocycles. The number of rotatable bonds is 2.